The van der Waals surface area contributed by atoms with Crippen LogP contribution in [-0.4, -0.2) is 41.0 Å². The number of ether oxygens (including phenoxy) is 2. The Labute approximate surface area is 236 Å². The first-order chi connectivity index (χ1) is 19.0. The highest BCUT2D eigenvalue weighted by Crippen LogP contribution is 2.41. The van der Waals surface area contributed by atoms with Crippen LogP contribution in [0.5, 0.6) is 17.2 Å². The second kappa shape index (κ2) is 14.0. The number of hydrogen-bond donors (Lipinski definition) is 3. The van der Waals surface area contributed by atoms with Gasteiger partial charge >= 0.3 is 0 Å². The first kappa shape index (κ1) is 31.5. The summed E-state index contributed by atoms with van der Waals surface area (Å²) in [6.07, 6.45) is 0.471. The molecule has 0 saturated carbocycles. The largest absolute Gasteiger partial charge is 0.768 e. The van der Waals surface area contributed by atoms with Crippen LogP contribution < -0.4 is 35.1 Å². The van der Waals surface area contributed by atoms with E-state index in [1.54, 1.807) is 18.2 Å². The van der Waals surface area contributed by atoms with Crippen LogP contribution >= 0.6 is 18.9 Å². The summed E-state index contributed by atoms with van der Waals surface area (Å²) >= 11 is 0.954. The van der Waals surface area contributed by atoms with E-state index in [0.717, 1.165) is 60.0 Å². The number of aryl methyl sites for hydroxylation is 1. The van der Waals surface area contributed by atoms with Gasteiger partial charge in [-0.15, -0.1) is 11.3 Å². The minimum absolute atomic E-state index is 0.110. The summed E-state index contributed by atoms with van der Waals surface area (Å²) in [7, 11) is -9.02. The molecule has 2 aromatic carbocycles. The minimum Gasteiger partial charge on any atom is -0.768 e. The lowest BCUT2D eigenvalue weighted by Gasteiger charge is -2.24. The molecule has 3 rings (SSSR count). The molecule has 216 valence electrons. The van der Waals surface area contributed by atoms with Gasteiger partial charge in [0.25, 0.3) is 10.0 Å². The quantitative estimate of drug-likeness (QED) is 0.170. The van der Waals surface area contributed by atoms with Gasteiger partial charge in [-0.3, -0.25) is 4.57 Å². The number of thiophene rings is 1. The van der Waals surface area contributed by atoms with Crippen LogP contribution in [0.1, 0.15) is 24.0 Å². The lowest BCUT2D eigenvalue weighted by atomic mass is 10.1. The number of nitriles is 1. The SMILES string of the molecule is Cc1cc(OCCC[NH3+])c(OCCC[NH3+])cc1-c1ccc(S(=O)(=O)NCP(=O)([O-])Oc2ccc(C#N)c(F)c2)s1. The maximum atomic E-state index is 13.8. The fourth-order valence-corrected chi connectivity index (χ4v) is 7.31. The molecule has 0 fully saturated rings. The van der Waals surface area contributed by atoms with Gasteiger partial charge in [0.15, 0.2) is 19.1 Å². The third-order valence-electron chi connectivity index (χ3n) is 5.46. The van der Waals surface area contributed by atoms with Crippen molar-refractivity contribution in [2.45, 2.75) is 24.0 Å². The molecule has 1 unspecified atom stereocenters. The predicted octanol–water partition coefficient (Wildman–Crippen LogP) is 1.62. The average molecular weight is 614 g/mol. The Morgan fingerprint density at radius 2 is 1.73 bits per heavy atom. The lowest BCUT2D eigenvalue weighted by Crippen LogP contribution is -2.50. The van der Waals surface area contributed by atoms with Gasteiger partial charge < -0.3 is 30.4 Å². The summed E-state index contributed by atoms with van der Waals surface area (Å²) < 4.78 is 70.4. The maximum Gasteiger partial charge on any atom is 0.250 e. The summed E-state index contributed by atoms with van der Waals surface area (Å²) in [4.78, 5) is 13.0. The van der Waals surface area contributed by atoms with Gasteiger partial charge in [0.05, 0.1) is 38.2 Å². The smallest absolute Gasteiger partial charge is 0.250 e. The molecule has 15 heteroatoms. The molecule has 3 aromatic rings. The molecule has 40 heavy (non-hydrogen) atoms. The standard InChI is InChI=1S/C25H30FN4O7PS2/c1-17-12-22(35-10-2-8-27)23(36-11-3-9-28)14-20(17)24-6-7-25(39-24)40(33,34)30-16-38(31,32)37-19-5-4-18(15-29)21(26)13-19/h4-7,12-14,30H,2-3,8-11,16,27-28H2,1H3,(H,31,32)/p+1. The topological polar surface area (TPSA) is 193 Å². The van der Waals surface area contributed by atoms with Gasteiger partial charge in [0, 0.05) is 23.8 Å². The third-order valence-corrected chi connectivity index (χ3v) is 9.72. The van der Waals surface area contributed by atoms with Crippen molar-refractivity contribution in [2.24, 2.45) is 0 Å². The van der Waals surface area contributed by atoms with E-state index in [0.29, 0.717) is 36.1 Å². The summed E-state index contributed by atoms with van der Waals surface area (Å²) in [5, 5.41) is 8.78. The Kier molecular flexibility index (Phi) is 11.1. The fraction of sp³-hybridized carbons (Fsp3) is 0.320. The van der Waals surface area contributed by atoms with Crippen LogP contribution in [0.25, 0.3) is 10.4 Å². The molecular formula is C25H31FN4O7PS2+. The number of halogens is 1. The molecule has 1 aromatic heterocycles. The molecule has 11 nitrogen and oxygen atoms in total. The highest BCUT2D eigenvalue weighted by Gasteiger charge is 2.22. The number of nitrogens with one attached hydrogen (secondary N) is 1. The minimum atomic E-state index is -4.80. The first-order valence-corrected chi connectivity index (χ1v) is 16.3. The van der Waals surface area contributed by atoms with Gasteiger partial charge in [0.2, 0.25) is 0 Å². The number of hydrogen-bond acceptors (Lipinski definition) is 9. The molecule has 0 aliphatic rings. The van der Waals surface area contributed by atoms with Gasteiger partial charge in [-0.2, -0.15) is 5.26 Å². The van der Waals surface area contributed by atoms with E-state index in [-0.39, 0.29) is 15.5 Å². The van der Waals surface area contributed by atoms with E-state index in [4.69, 9.17) is 19.3 Å². The Bertz CT molecular complexity index is 1530. The van der Waals surface area contributed by atoms with Crippen LogP contribution in [0.2, 0.25) is 0 Å². The Hall–Kier alpha value is -3.02. The number of nitrogens with zero attached hydrogens (tertiary/aromatic N) is 1. The van der Waals surface area contributed by atoms with Crippen LogP contribution in [0.15, 0.2) is 46.7 Å². The van der Waals surface area contributed by atoms with Crippen molar-refractivity contribution >= 4 is 29.0 Å². The van der Waals surface area contributed by atoms with E-state index in [9.17, 15) is 22.3 Å². The third kappa shape index (κ3) is 8.49. The predicted molar refractivity (Wildman–Crippen MR) is 145 cm³/mol. The molecule has 0 radical (unpaired) electrons. The zero-order valence-electron chi connectivity index (χ0n) is 21.9. The van der Waals surface area contributed by atoms with E-state index in [2.05, 4.69) is 11.5 Å². The number of quaternary nitrogens is 2. The van der Waals surface area contributed by atoms with Crippen molar-refractivity contribution < 1.29 is 47.7 Å². The molecule has 0 bridgehead atoms. The van der Waals surface area contributed by atoms with E-state index < -0.39 is 29.7 Å². The maximum absolute atomic E-state index is 13.8. The van der Waals surface area contributed by atoms with E-state index in [1.165, 1.54) is 6.07 Å². The van der Waals surface area contributed by atoms with Gasteiger partial charge in [-0.25, -0.2) is 17.5 Å². The van der Waals surface area contributed by atoms with Crippen molar-refractivity contribution in [3.05, 3.63) is 59.4 Å². The van der Waals surface area contributed by atoms with Gasteiger partial charge in [0.1, 0.15) is 21.8 Å². The number of sulfonamides is 1. The number of rotatable bonds is 15. The van der Waals surface area contributed by atoms with Crippen LogP contribution in [0.3, 0.4) is 0 Å². The highest BCUT2D eigenvalue weighted by molar-refractivity contribution is 7.92. The monoisotopic (exact) mass is 613 g/mol. The number of benzene rings is 2. The molecule has 1 atom stereocenters. The molecule has 0 aliphatic carbocycles. The van der Waals surface area contributed by atoms with Crippen LogP contribution in [0.4, 0.5) is 4.39 Å². The van der Waals surface area contributed by atoms with Crippen molar-refractivity contribution in [1.29, 1.82) is 5.26 Å². The average Bonchev–Trinajstić information content (AvgIpc) is 3.40. The van der Waals surface area contributed by atoms with Crippen molar-refractivity contribution in [2.75, 3.05) is 32.6 Å². The molecular weight excluding hydrogens is 582 g/mol. The van der Waals surface area contributed by atoms with Crippen molar-refractivity contribution in [3.8, 4) is 33.8 Å². The summed E-state index contributed by atoms with van der Waals surface area (Å²) in [6.45, 7) is 4.23. The zero-order valence-corrected chi connectivity index (χ0v) is 24.4. The lowest BCUT2D eigenvalue weighted by molar-refractivity contribution is -0.369. The molecule has 0 amide bonds. The Morgan fingerprint density at radius 1 is 1.07 bits per heavy atom. The van der Waals surface area contributed by atoms with Crippen LogP contribution in [-0.2, 0) is 14.6 Å². The Morgan fingerprint density at radius 3 is 2.33 bits per heavy atom. The van der Waals surface area contributed by atoms with Crippen LogP contribution in [0, 0.1) is 24.1 Å². The second-order valence-corrected chi connectivity index (χ2v) is 13.4. The van der Waals surface area contributed by atoms with E-state index >= 15 is 0 Å². The summed E-state index contributed by atoms with van der Waals surface area (Å²) in [5.74, 6) is -0.235. The van der Waals surface area contributed by atoms with Crippen molar-refractivity contribution in [3.63, 3.8) is 0 Å². The summed E-state index contributed by atoms with van der Waals surface area (Å²) in [5.41, 5.74) is 8.91. The molecule has 0 spiro atoms. The first-order valence-electron chi connectivity index (χ1n) is 12.3. The molecule has 7 N–H and O–H groups in total. The van der Waals surface area contributed by atoms with Gasteiger partial charge in [-0.05, 0) is 54.4 Å². The van der Waals surface area contributed by atoms with Gasteiger partial charge in [-0.1, -0.05) is 0 Å². The highest BCUT2D eigenvalue weighted by atomic mass is 32.2. The summed E-state index contributed by atoms with van der Waals surface area (Å²) in [6, 6.07) is 11.1. The zero-order chi connectivity index (χ0) is 29.3. The van der Waals surface area contributed by atoms with Crippen molar-refractivity contribution in [1.82, 2.24) is 4.72 Å². The van der Waals surface area contributed by atoms with E-state index in [1.807, 2.05) is 17.7 Å². The fourth-order valence-electron chi connectivity index (χ4n) is 3.40. The molecule has 1 heterocycles. The molecule has 0 saturated heterocycles. The normalized spacial score (nSPS) is 12.9. The Balaban J connectivity index is 1.77. The second-order valence-electron chi connectivity index (χ2n) is 8.61. The molecule has 0 aliphatic heterocycles.